The summed E-state index contributed by atoms with van der Waals surface area (Å²) in [4.78, 5) is 39.9. The van der Waals surface area contributed by atoms with Crippen LogP contribution in [-0.2, 0) is 19.6 Å². The van der Waals surface area contributed by atoms with Crippen LogP contribution in [0.1, 0.15) is 29.3 Å². The maximum absolute atomic E-state index is 13.3. The van der Waals surface area contributed by atoms with Crippen molar-refractivity contribution in [2.24, 2.45) is 0 Å². The van der Waals surface area contributed by atoms with Gasteiger partial charge < -0.3 is 20.4 Å². The number of benzene rings is 2. The number of pyridine rings is 1. The Labute approximate surface area is 202 Å². The van der Waals surface area contributed by atoms with E-state index in [2.05, 4.69) is 15.6 Å². The molecule has 1 aromatic heterocycles. The van der Waals surface area contributed by atoms with Crippen LogP contribution in [0.3, 0.4) is 0 Å². The molecule has 4 rings (SSSR count). The van der Waals surface area contributed by atoms with Crippen molar-refractivity contribution in [2.45, 2.75) is 25.2 Å². The molecule has 0 radical (unpaired) electrons. The number of morpholine rings is 1. The molecule has 0 aliphatic carbocycles. The number of nitrogens with zero attached hydrogens (tertiary/aromatic N) is 1. The summed E-state index contributed by atoms with van der Waals surface area (Å²) in [5.74, 6) is -0.746. The second-order valence-electron chi connectivity index (χ2n) is 8.16. The molecule has 0 bridgehead atoms. The van der Waals surface area contributed by atoms with Crippen molar-refractivity contribution in [3.8, 4) is 0 Å². The number of aryl methyl sites for hydroxylation is 1. The lowest BCUT2D eigenvalue weighted by atomic mass is 10.1. The fourth-order valence-electron chi connectivity index (χ4n) is 3.79. The van der Waals surface area contributed by atoms with E-state index in [4.69, 9.17) is 4.74 Å². The average molecular weight is 499 g/mol. The number of hydrogen-bond donors (Lipinski definition) is 3. The third-order valence-corrected chi connectivity index (χ3v) is 7.65. The summed E-state index contributed by atoms with van der Waals surface area (Å²) < 4.78 is 32.8. The van der Waals surface area contributed by atoms with E-state index in [-0.39, 0.29) is 29.5 Å². The minimum atomic E-state index is -3.80. The van der Waals surface area contributed by atoms with Crippen LogP contribution in [0.4, 0.5) is 11.4 Å². The van der Waals surface area contributed by atoms with Crippen molar-refractivity contribution in [2.75, 3.05) is 36.9 Å². The lowest BCUT2D eigenvalue weighted by Crippen LogP contribution is -2.40. The summed E-state index contributed by atoms with van der Waals surface area (Å²) in [5.41, 5.74) is 1.60. The first kappa shape index (κ1) is 24.6. The number of H-pyrrole nitrogens is 1. The quantitative estimate of drug-likeness (QED) is 0.477. The van der Waals surface area contributed by atoms with Crippen LogP contribution in [0.2, 0.25) is 0 Å². The number of hydrogen-bond acceptors (Lipinski definition) is 6. The number of amides is 2. The molecule has 10 nitrogen and oxygen atoms in total. The van der Waals surface area contributed by atoms with E-state index in [9.17, 15) is 22.8 Å². The zero-order valence-corrected chi connectivity index (χ0v) is 20.2. The van der Waals surface area contributed by atoms with Gasteiger partial charge in [0.25, 0.3) is 5.91 Å². The first-order chi connectivity index (χ1) is 16.7. The third kappa shape index (κ3) is 5.26. The monoisotopic (exact) mass is 498 g/mol. The molecule has 11 heteroatoms. The number of aromatic nitrogens is 1. The fourth-order valence-corrected chi connectivity index (χ4v) is 5.23. The molecule has 0 spiro atoms. The Bertz CT molecular complexity index is 1460. The van der Waals surface area contributed by atoms with Crippen LogP contribution in [0.15, 0.2) is 52.2 Å². The number of nitrogens with one attached hydrogen (secondary N) is 3. The molecule has 0 unspecified atom stereocenters. The van der Waals surface area contributed by atoms with Gasteiger partial charge in [-0.1, -0.05) is 13.0 Å². The molecule has 35 heavy (non-hydrogen) atoms. The van der Waals surface area contributed by atoms with Gasteiger partial charge in [0.05, 0.1) is 23.7 Å². The van der Waals surface area contributed by atoms with Crippen molar-refractivity contribution < 1.29 is 22.7 Å². The van der Waals surface area contributed by atoms with Gasteiger partial charge in [0.1, 0.15) is 0 Å². The van der Waals surface area contributed by atoms with Crippen LogP contribution >= 0.6 is 0 Å². The van der Waals surface area contributed by atoms with Crippen molar-refractivity contribution in [3.63, 3.8) is 0 Å². The molecule has 2 aromatic carbocycles. The highest BCUT2D eigenvalue weighted by atomic mass is 32.2. The molecular weight excluding hydrogens is 472 g/mol. The third-order valence-electron chi connectivity index (χ3n) is 5.76. The highest BCUT2D eigenvalue weighted by Gasteiger charge is 2.27. The molecule has 1 aliphatic heterocycles. The lowest BCUT2D eigenvalue weighted by molar-refractivity contribution is -0.115. The van der Waals surface area contributed by atoms with Crippen molar-refractivity contribution >= 4 is 44.1 Å². The van der Waals surface area contributed by atoms with Crippen LogP contribution < -0.4 is 16.2 Å². The summed E-state index contributed by atoms with van der Waals surface area (Å²) in [6, 6.07) is 10.5. The first-order valence-corrected chi connectivity index (χ1v) is 12.6. The molecule has 3 aromatic rings. The van der Waals surface area contributed by atoms with Gasteiger partial charge >= 0.3 is 0 Å². The minimum absolute atomic E-state index is 0.0217. The summed E-state index contributed by atoms with van der Waals surface area (Å²) >= 11 is 0. The highest BCUT2D eigenvalue weighted by Crippen LogP contribution is 2.26. The second kappa shape index (κ2) is 9.98. The molecule has 3 N–H and O–H groups in total. The predicted molar refractivity (Wildman–Crippen MR) is 132 cm³/mol. The number of rotatable bonds is 6. The molecule has 1 aliphatic rings. The maximum atomic E-state index is 13.3. The standard InChI is InChI=1S/C24H26N4O6S/c1-3-22(29)25-16-5-4-15(2)21(12-16)27-24(31)19-14-23(30)26-20-7-6-17(13-18(19)20)35(32,33)28-8-10-34-11-9-28/h4-7,12-14H,3,8-11H2,1-2H3,(H,25,29)(H,26,30)(H,27,31). The van der Waals surface area contributed by atoms with E-state index >= 15 is 0 Å². The van der Waals surface area contributed by atoms with E-state index in [0.717, 1.165) is 11.6 Å². The largest absolute Gasteiger partial charge is 0.379 e. The minimum Gasteiger partial charge on any atom is -0.379 e. The highest BCUT2D eigenvalue weighted by molar-refractivity contribution is 7.89. The fraction of sp³-hybridized carbons (Fsp3) is 0.292. The van der Waals surface area contributed by atoms with Gasteiger partial charge in [-0.25, -0.2) is 8.42 Å². The summed E-state index contributed by atoms with van der Waals surface area (Å²) in [6.07, 6.45) is 0.310. The molecule has 0 atom stereocenters. The molecule has 1 fully saturated rings. The van der Waals surface area contributed by atoms with Crippen molar-refractivity contribution in [3.05, 3.63) is 63.9 Å². The van der Waals surface area contributed by atoms with Gasteiger partial charge in [0.15, 0.2) is 0 Å². The van der Waals surface area contributed by atoms with E-state index in [1.54, 1.807) is 32.0 Å². The van der Waals surface area contributed by atoms with Gasteiger partial charge in [-0.15, -0.1) is 0 Å². The second-order valence-corrected chi connectivity index (χ2v) is 10.1. The zero-order valence-electron chi connectivity index (χ0n) is 19.4. The van der Waals surface area contributed by atoms with Gasteiger partial charge in [-0.05, 0) is 42.8 Å². The van der Waals surface area contributed by atoms with Gasteiger partial charge in [0.2, 0.25) is 21.5 Å². The number of carbonyl (C=O) groups is 2. The van der Waals surface area contributed by atoms with Crippen molar-refractivity contribution in [1.29, 1.82) is 0 Å². The summed E-state index contributed by atoms with van der Waals surface area (Å²) in [5, 5.41) is 5.82. The van der Waals surface area contributed by atoms with E-state index < -0.39 is 21.5 Å². The van der Waals surface area contributed by atoms with Crippen LogP contribution in [-0.4, -0.2) is 55.8 Å². The summed E-state index contributed by atoms with van der Waals surface area (Å²) in [6.45, 7) is 4.63. The lowest BCUT2D eigenvalue weighted by Gasteiger charge is -2.26. The Morgan fingerprint density at radius 3 is 2.51 bits per heavy atom. The SMILES string of the molecule is CCC(=O)Nc1ccc(C)c(NC(=O)c2cc(=O)[nH]c3ccc(S(=O)(=O)N4CCOCC4)cc23)c1. The van der Waals surface area contributed by atoms with Crippen LogP contribution in [0.5, 0.6) is 0 Å². The van der Waals surface area contributed by atoms with Crippen LogP contribution in [0.25, 0.3) is 10.9 Å². The molecule has 1 saturated heterocycles. The molecule has 0 saturated carbocycles. The molecular formula is C24H26N4O6S. The number of sulfonamides is 1. The Hall–Kier alpha value is -3.54. The number of carbonyl (C=O) groups excluding carboxylic acids is 2. The Morgan fingerprint density at radius 2 is 1.80 bits per heavy atom. The molecule has 184 valence electrons. The van der Waals surface area contributed by atoms with E-state index in [1.807, 2.05) is 0 Å². The Kier molecular flexibility index (Phi) is 7.01. The topological polar surface area (TPSA) is 138 Å². The van der Waals surface area contributed by atoms with Gasteiger partial charge in [-0.2, -0.15) is 4.31 Å². The Balaban J connectivity index is 1.71. The zero-order chi connectivity index (χ0) is 25.2. The number of ether oxygens (including phenoxy) is 1. The molecule has 2 heterocycles. The Morgan fingerprint density at radius 1 is 1.06 bits per heavy atom. The maximum Gasteiger partial charge on any atom is 0.256 e. The molecule has 2 amide bonds. The van der Waals surface area contributed by atoms with Crippen LogP contribution in [0, 0.1) is 6.92 Å². The van der Waals surface area contributed by atoms with Gasteiger partial charge in [0, 0.05) is 47.9 Å². The average Bonchev–Trinajstić information content (AvgIpc) is 2.85. The first-order valence-electron chi connectivity index (χ1n) is 11.2. The van der Waals surface area contributed by atoms with Gasteiger partial charge in [-0.3, -0.25) is 14.4 Å². The normalized spacial score (nSPS) is 14.6. The van der Waals surface area contributed by atoms with Crippen molar-refractivity contribution in [1.82, 2.24) is 9.29 Å². The smallest absolute Gasteiger partial charge is 0.256 e. The number of aromatic amines is 1. The number of fused-ring (bicyclic) bond motifs is 1. The predicted octanol–water partition coefficient (Wildman–Crippen LogP) is 2.46. The van der Waals surface area contributed by atoms with E-state index in [1.165, 1.54) is 22.5 Å². The number of anilines is 2. The summed E-state index contributed by atoms with van der Waals surface area (Å²) in [7, 11) is -3.80. The van der Waals surface area contributed by atoms with E-state index in [0.29, 0.717) is 41.9 Å².